The van der Waals surface area contributed by atoms with Crippen LogP contribution < -0.4 is 5.32 Å². The Balaban J connectivity index is 1.77. The molecule has 1 fully saturated rings. The molecule has 2 aromatic carbocycles. The summed E-state index contributed by atoms with van der Waals surface area (Å²) in [5.41, 5.74) is 1.46. The lowest BCUT2D eigenvalue weighted by Crippen LogP contribution is -2.37. The first-order valence-corrected chi connectivity index (χ1v) is 8.29. The third-order valence-electron chi connectivity index (χ3n) is 4.47. The summed E-state index contributed by atoms with van der Waals surface area (Å²) in [5.74, 6) is 0. The standard InChI is InChI=1S/C19H26N2/c1-2-7-18-15-21(13-6-12-20-18)14-17-10-5-9-16-8-3-4-11-19(16)17/h3-5,8-11,18,20H,2,6-7,12-15H2,1H3. The van der Waals surface area contributed by atoms with Gasteiger partial charge in [-0.15, -0.1) is 0 Å². The molecule has 1 saturated heterocycles. The lowest BCUT2D eigenvalue weighted by molar-refractivity contribution is 0.255. The van der Waals surface area contributed by atoms with Crippen molar-refractivity contribution in [2.24, 2.45) is 0 Å². The summed E-state index contributed by atoms with van der Waals surface area (Å²) in [6.07, 6.45) is 3.80. The smallest absolute Gasteiger partial charge is 0.0240 e. The van der Waals surface area contributed by atoms with Crippen molar-refractivity contribution < 1.29 is 0 Å². The minimum Gasteiger partial charge on any atom is -0.313 e. The van der Waals surface area contributed by atoms with Crippen LogP contribution in [0.4, 0.5) is 0 Å². The fourth-order valence-corrected chi connectivity index (χ4v) is 3.43. The minimum atomic E-state index is 0.660. The van der Waals surface area contributed by atoms with Crippen LogP contribution in [-0.2, 0) is 6.54 Å². The number of benzene rings is 2. The molecule has 1 unspecified atom stereocenters. The molecule has 0 radical (unpaired) electrons. The zero-order valence-electron chi connectivity index (χ0n) is 13.0. The van der Waals surface area contributed by atoms with E-state index >= 15 is 0 Å². The molecule has 3 rings (SSSR count). The van der Waals surface area contributed by atoms with Gasteiger partial charge in [-0.1, -0.05) is 55.8 Å². The number of fused-ring (bicyclic) bond motifs is 1. The monoisotopic (exact) mass is 282 g/mol. The summed E-state index contributed by atoms with van der Waals surface area (Å²) in [6, 6.07) is 16.1. The van der Waals surface area contributed by atoms with Gasteiger partial charge in [-0.3, -0.25) is 4.90 Å². The van der Waals surface area contributed by atoms with Gasteiger partial charge >= 0.3 is 0 Å². The highest BCUT2D eigenvalue weighted by Gasteiger charge is 2.17. The van der Waals surface area contributed by atoms with Crippen LogP contribution in [0.2, 0.25) is 0 Å². The fourth-order valence-electron chi connectivity index (χ4n) is 3.43. The molecular formula is C19H26N2. The number of nitrogens with one attached hydrogen (secondary N) is 1. The number of rotatable bonds is 4. The highest BCUT2D eigenvalue weighted by molar-refractivity contribution is 5.85. The lowest BCUT2D eigenvalue weighted by Gasteiger charge is -2.24. The molecule has 112 valence electrons. The van der Waals surface area contributed by atoms with E-state index in [1.165, 1.54) is 48.7 Å². The molecule has 0 bridgehead atoms. The van der Waals surface area contributed by atoms with Gasteiger partial charge in [0.15, 0.2) is 0 Å². The summed E-state index contributed by atoms with van der Waals surface area (Å²) in [4.78, 5) is 2.63. The van der Waals surface area contributed by atoms with E-state index in [1.54, 1.807) is 0 Å². The molecular weight excluding hydrogens is 256 g/mol. The third-order valence-corrected chi connectivity index (χ3v) is 4.47. The molecule has 21 heavy (non-hydrogen) atoms. The first-order chi connectivity index (χ1) is 10.4. The van der Waals surface area contributed by atoms with Gasteiger partial charge in [-0.25, -0.2) is 0 Å². The summed E-state index contributed by atoms with van der Waals surface area (Å²) in [7, 11) is 0. The van der Waals surface area contributed by atoms with Crippen LogP contribution in [0, 0.1) is 0 Å². The van der Waals surface area contributed by atoms with Crippen molar-refractivity contribution in [1.82, 2.24) is 10.2 Å². The predicted molar refractivity (Wildman–Crippen MR) is 90.5 cm³/mol. The van der Waals surface area contributed by atoms with E-state index in [4.69, 9.17) is 0 Å². The Morgan fingerprint density at radius 3 is 2.90 bits per heavy atom. The summed E-state index contributed by atoms with van der Waals surface area (Å²) < 4.78 is 0. The number of nitrogens with zero attached hydrogens (tertiary/aromatic N) is 1. The highest BCUT2D eigenvalue weighted by Crippen LogP contribution is 2.20. The van der Waals surface area contributed by atoms with Crippen molar-refractivity contribution in [2.45, 2.75) is 38.8 Å². The van der Waals surface area contributed by atoms with E-state index < -0.39 is 0 Å². The van der Waals surface area contributed by atoms with Crippen LogP contribution >= 0.6 is 0 Å². The second-order valence-corrected chi connectivity index (χ2v) is 6.17. The Hall–Kier alpha value is -1.38. The molecule has 1 heterocycles. The van der Waals surface area contributed by atoms with Gasteiger partial charge in [0.1, 0.15) is 0 Å². The topological polar surface area (TPSA) is 15.3 Å². The van der Waals surface area contributed by atoms with Gasteiger partial charge in [0, 0.05) is 19.1 Å². The Morgan fingerprint density at radius 2 is 2.00 bits per heavy atom. The molecule has 2 heteroatoms. The molecule has 2 nitrogen and oxygen atoms in total. The van der Waals surface area contributed by atoms with E-state index in [9.17, 15) is 0 Å². The Bertz CT molecular complexity index is 573. The maximum absolute atomic E-state index is 3.69. The summed E-state index contributed by atoms with van der Waals surface area (Å²) in [6.45, 7) is 6.90. The largest absolute Gasteiger partial charge is 0.313 e. The molecule has 2 aromatic rings. The van der Waals surface area contributed by atoms with E-state index in [-0.39, 0.29) is 0 Å². The van der Waals surface area contributed by atoms with Crippen LogP contribution in [-0.4, -0.2) is 30.6 Å². The van der Waals surface area contributed by atoms with Crippen molar-refractivity contribution in [1.29, 1.82) is 0 Å². The van der Waals surface area contributed by atoms with Crippen molar-refractivity contribution in [3.8, 4) is 0 Å². The summed E-state index contributed by atoms with van der Waals surface area (Å²) >= 11 is 0. The van der Waals surface area contributed by atoms with E-state index in [2.05, 4.69) is 59.6 Å². The third kappa shape index (κ3) is 3.63. The Labute approximate surface area is 128 Å². The number of hydrogen-bond acceptors (Lipinski definition) is 2. The second-order valence-electron chi connectivity index (χ2n) is 6.17. The van der Waals surface area contributed by atoms with Crippen molar-refractivity contribution >= 4 is 10.8 Å². The van der Waals surface area contributed by atoms with E-state index in [0.717, 1.165) is 13.1 Å². The van der Waals surface area contributed by atoms with Gasteiger partial charge in [0.05, 0.1) is 0 Å². The average Bonchev–Trinajstić information content (AvgIpc) is 2.73. The van der Waals surface area contributed by atoms with Crippen LogP contribution in [0.15, 0.2) is 42.5 Å². The van der Waals surface area contributed by atoms with Gasteiger partial charge in [0.25, 0.3) is 0 Å². The average molecular weight is 282 g/mol. The van der Waals surface area contributed by atoms with Gasteiger partial charge in [-0.2, -0.15) is 0 Å². The Kier molecular flexibility index (Phi) is 4.89. The SMILES string of the molecule is CCCC1CN(Cc2cccc3ccccc23)CCCN1. The van der Waals surface area contributed by atoms with Gasteiger partial charge in [-0.05, 0) is 42.3 Å². The molecule has 1 aliphatic heterocycles. The molecule has 1 aliphatic rings. The molecule has 0 aromatic heterocycles. The zero-order valence-corrected chi connectivity index (χ0v) is 13.0. The Morgan fingerprint density at radius 1 is 1.14 bits per heavy atom. The minimum absolute atomic E-state index is 0.660. The molecule has 0 amide bonds. The molecule has 0 spiro atoms. The molecule has 1 atom stereocenters. The van der Waals surface area contributed by atoms with E-state index in [0.29, 0.717) is 6.04 Å². The second kappa shape index (κ2) is 7.06. The molecule has 0 saturated carbocycles. The predicted octanol–water partition coefficient (Wildman–Crippen LogP) is 3.80. The maximum atomic E-state index is 3.69. The van der Waals surface area contributed by atoms with Gasteiger partial charge in [0.2, 0.25) is 0 Å². The van der Waals surface area contributed by atoms with Crippen LogP contribution in [0.25, 0.3) is 10.8 Å². The van der Waals surface area contributed by atoms with Crippen LogP contribution in [0.5, 0.6) is 0 Å². The van der Waals surface area contributed by atoms with Gasteiger partial charge < -0.3 is 5.32 Å². The van der Waals surface area contributed by atoms with E-state index in [1.807, 2.05) is 0 Å². The first kappa shape index (κ1) is 14.6. The molecule has 0 aliphatic carbocycles. The lowest BCUT2D eigenvalue weighted by atomic mass is 10.0. The normalized spacial score (nSPS) is 20.5. The quantitative estimate of drug-likeness (QED) is 0.917. The van der Waals surface area contributed by atoms with Crippen LogP contribution in [0.3, 0.4) is 0 Å². The maximum Gasteiger partial charge on any atom is 0.0240 e. The number of hydrogen-bond donors (Lipinski definition) is 1. The fraction of sp³-hybridized carbons (Fsp3) is 0.474. The van der Waals surface area contributed by atoms with Crippen molar-refractivity contribution in [2.75, 3.05) is 19.6 Å². The summed E-state index contributed by atoms with van der Waals surface area (Å²) in [5, 5.41) is 6.46. The van der Waals surface area contributed by atoms with Crippen LogP contribution in [0.1, 0.15) is 31.7 Å². The first-order valence-electron chi connectivity index (χ1n) is 8.29. The molecule has 1 N–H and O–H groups in total. The highest BCUT2D eigenvalue weighted by atomic mass is 15.2. The van der Waals surface area contributed by atoms with Crippen molar-refractivity contribution in [3.63, 3.8) is 0 Å². The van der Waals surface area contributed by atoms with Crippen molar-refractivity contribution in [3.05, 3.63) is 48.0 Å². The zero-order chi connectivity index (χ0) is 14.5.